The number of hydrogen-bond acceptors (Lipinski definition) is 4. The van der Waals surface area contributed by atoms with E-state index in [1.165, 1.54) is 11.3 Å². The Kier molecular flexibility index (Phi) is 5.41. The number of aromatic nitrogens is 2. The number of unbranched alkanes of at least 4 members (excludes halogenated alkanes) is 1. The van der Waals surface area contributed by atoms with E-state index in [0.29, 0.717) is 16.8 Å². The van der Waals surface area contributed by atoms with Crippen LogP contribution < -0.4 is 16.6 Å². The Hall–Kier alpha value is -1.89. The Bertz CT molecular complexity index is 829. The molecule has 2 rings (SSSR count). The second-order valence-electron chi connectivity index (χ2n) is 6.00. The van der Waals surface area contributed by atoms with E-state index >= 15 is 0 Å². The van der Waals surface area contributed by atoms with Gasteiger partial charge in [-0.15, -0.1) is 11.3 Å². The molecule has 2 aromatic heterocycles. The van der Waals surface area contributed by atoms with Crippen molar-refractivity contribution in [1.82, 2.24) is 14.5 Å². The Balaban J connectivity index is 2.59. The molecule has 0 aliphatic heterocycles. The molecular formula is C16H23N3O3S. The van der Waals surface area contributed by atoms with Crippen LogP contribution in [0.2, 0.25) is 0 Å². The average Bonchev–Trinajstić information content (AvgIpc) is 2.84. The molecular weight excluding hydrogens is 314 g/mol. The van der Waals surface area contributed by atoms with Crippen molar-refractivity contribution in [2.24, 2.45) is 0 Å². The molecule has 1 amide bonds. The smallest absolute Gasteiger partial charge is 0.332 e. The number of carbonyl (C=O) groups is 1. The minimum absolute atomic E-state index is 0.0351. The van der Waals surface area contributed by atoms with Gasteiger partial charge in [-0.2, -0.15) is 0 Å². The first-order valence-corrected chi connectivity index (χ1v) is 8.75. The Labute approximate surface area is 138 Å². The van der Waals surface area contributed by atoms with Gasteiger partial charge in [0.25, 0.3) is 5.56 Å². The van der Waals surface area contributed by atoms with Gasteiger partial charge in [0.2, 0.25) is 5.91 Å². The maximum atomic E-state index is 12.7. The average molecular weight is 337 g/mol. The molecule has 0 saturated carbocycles. The van der Waals surface area contributed by atoms with Crippen LogP contribution in [0.4, 0.5) is 0 Å². The molecule has 0 radical (unpaired) electrons. The summed E-state index contributed by atoms with van der Waals surface area (Å²) in [5.41, 5.74) is 0.0605. The van der Waals surface area contributed by atoms with E-state index in [1.54, 1.807) is 4.57 Å². The predicted octanol–water partition coefficient (Wildman–Crippen LogP) is 1.86. The number of amides is 1. The maximum absolute atomic E-state index is 12.7. The van der Waals surface area contributed by atoms with Crippen molar-refractivity contribution < 1.29 is 4.79 Å². The van der Waals surface area contributed by atoms with E-state index in [0.717, 1.165) is 23.0 Å². The van der Waals surface area contributed by atoms with Crippen molar-refractivity contribution in [3.63, 3.8) is 0 Å². The highest BCUT2D eigenvalue weighted by molar-refractivity contribution is 7.17. The number of carbonyl (C=O) groups excluding carboxylic acids is 1. The molecule has 0 spiro atoms. The quantitative estimate of drug-likeness (QED) is 0.874. The first-order chi connectivity index (χ1) is 10.9. The summed E-state index contributed by atoms with van der Waals surface area (Å²) < 4.78 is 2.68. The van der Waals surface area contributed by atoms with Crippen molar-refractivity contribution in [3.8, 4) is 0 Å². The summed E-state index contributed by atoms with van der Waals surface area (Å²) >= 11 is 1.41. The van der Waals surface area contributed by atoms with E-state index in [4.69, 9.17) is 0 Å². The largest absolute Gasteiger partial charge is 0.352 e. The molecule has 2 heterocycles. The summed E-state index contributed by atoms with van der Waals surface area (Å²) in [4.78, 5) is 38.0. The van der Waals surface area contributed by atoms with Gasteiger partial charge in [-0.05, 0) is 38.1 Å². The summed E-state index contributed by atoms with van der Waals surface area (Å²) in [7, 11) is 0. The highest BCUT2D eigenvalue weighted by atomic mass is 32.1. The van der Waals surface area contributed by atoms with Gasteiger partial charge in [0.1, 0.15) is 11.4 Å². The highest BCUT2D eigenvalue weighted by Gasteiger charge is 2.18. The fourth-order valence-corrected chi connectivity index (χ4v) is 3.58. The number of thiophene rings is 1. The zero-order chi connectivity index (χ0) is 17.1. The Morgan fingerprint density at radius 3 is 2.61 bits per heavy atom. The molecule has 0 unspecified atom stereocenters. The standard InChI is InChI=1S/C16H23N3O3S/c1-5-6-7-18-15-13(11(4)9-23-15)14(21)19(16(18)22)8-12(20)17-10(2)3/h9-10H,5-8H2,1-4H3,(H,17,20). The third-order valence-corrected chi connectivity index (χ3v) is 4.73. The van der Waals surface area contributed by atoms with Gasteiger partial charge < -0.3 is 5.32 Å². The third kappa shape index (κ3) is 3.55. The topological polar surface area (TPSA) is 73.1 Å². The van der Waals surface area contributed by atoms with E-state index in [9.17, 15) is 14.4 Å². The van der Waals surface area contributed by atoms with Crippen LogP contribution >= 0.6 is 11.3 Å². The molecule has 0 bridgehead atoms. The maximum Gasteiger partial charge on any atom is 0.332 e. The van der Waals surface area contributed by atoms with Crippen LogP contribution in [-0.4, -0.2) is 21.1 Å². The van der Waals surface area contributed by atoms with Crippen molar-refractivity contribution in [3.05, 3.63) is 31.8 Å². The zero-order valence-electron chi connectivity index (χ0n) is 14.0. The number of aryl methyl sites for hydroxylation is 2. The summed E-state index contributed by atoms with van der Waals surface area (Å²) in [6.07, 6.45) is 1.80. The van der Waals surface area contributed by atoms with Crippen molar-refractivity contribution in [2.45, 2.75) is 59.7 Å². The van der Waals surface area contributed by atoms with E-state index in [2.05, 4.69) is 5.32 Å². The van der Waals surface area contributed by atoms with Crippen molar-refractivity contribution >= 4 is 27.5 Å². The van der Waals surface area contributed by atoms with E-state index in [-0.39, 0.29) is 24.1 Å². The summed E-state index contributed by atoms with van der Waals surface area (Å²) in [5, 5.41) is 5.15. The zero-order valence-corrected chi connectivity index (χ0v) is 14.8. The van der Waals surface area contributed by atoms with Crippen LogP contribution in [0.15, 0.2) is 15.0 Å². The SMILES string of the molecule is CCCCn1c(=O)n(CC(=O)NC(C)C)c(=O)c2c(C)csc21. The minimum atomic E-state index is -0.406. The molecule has 1 N–H and O–H groups in total. The monoisotopic (exact) mass is 337 g/mol. The minimum Gasteiger partial charge on any atom is -0.352 e. The van der Waals surface area contributed by atoms with Gasteiger partial charge in [0.15, 0.2) is 0 Å². The number of hydrogen-bond donors (Lipinski definition) is 1. The molecule has 0 fully saturated rings. The second-order valence-corrected chi connectivity index (χ2v) is 6.86. The van der Waals surface area contributed by atoms with Crippen LogP contribution in [0.5, 0.6) is 0 Å². The van der Waals surface area contributed by atoms with E-state index in [1.807, 2.05) is 33.1 Å². The molecule has 0 saturated heterocycles. The number of rotatable bonds is 6. The van der Waals surface area contributed by atoms with Gasteiger partial charge in [0.05, 0.1) is 5.39 Å². The summed E-state index contributed by atoms with van der Waals surface area (Å²) in [6, 6.07) is -0.0351. The molecule has 0 aromatic carbocycles. The lowest BCUT2D eigenvalue weighted by Gasteiger charge is -2.13. The van der Waals surface area contributed by atoms with Crippen LogP contribution in [0, 0.1) is 6.92 Å². The van der Waals surface area contributed by atoms with Crippen LogP contribution in [0.1, 0.15) is 39.2 Å². The highest BCUT2D eigenvalue weighted by Crippen LogP contribution is 2.21. The van der Waals surface area contributed by atoms with Crippen LogP contribution in [0.3, 0.4) is 0 Å². The molecule has 0 aliphatic carbocycles. The first kappa shape index (κ1) is 17.5. The Morgan fingerprint density at radius 2 is 2.00 bits per heavy atom. The number of nitrogens with one attached hydrogen (secondary N) is 1. The van der Waals surface area contributed by atoms with Gasteiger partial charge in [-0.3, -0.25) is 18.7 Å². The molecule has 7 heteroatoms. The molecule has 6 nitrogen and oxygen atoms in total. The van der Waals surface area contributed by atoms with Gasteiger partial charge >= 0.3 is 5.69 Å². The predicted molar refractivity (Wildman–Crippen MR) is 93.3 cm³/mol. The van der Waals surface area contributed by atoms with Crippen LogP contribution in [-0.2, 0) is 17.9 Å². The number of fused-ring (bicyclic) bond motifs is 1. The molecule has 2 aromatic rings. The second kappa shape index (κ2) is 7.12. The molecule has 23 heavy (non-hydrogen) atoms. The molecule has 0 atom stereocenters. The number of nitrogens with zero attached hydrogens (tertiary/aromatic N) is 2. The molecule has 0 aliphatic rings. The van der Waals surface area contributed by atoms with Gasteiger partial charge in [-0.1, -0.05) is 13.3 Å². The fraction of sp³-hybridized carbons (Fsp3) is 0.562. The summed E-state index contributed by atoms with van der Waals surface area (Å²) in [5.74, 6) is -0.325. The lowest BCUT2D eigenvalue weighted by atomic mass is 10.2. The summed E-state index contributed by atoms with van der Waals surface area (Å²) in [6.45, 7) is 7.89. The van der Waals surface area contributed by atoms with E-state index < -0.39 is 5.69 Å². The molecule has 126 valence electrons. The lowest BCUT2D eigenvalue weighted by Crippen LogP contribution is -2.44. The van der Waals surface area contributed by atoms with Crippen molar-refractivity contribution in [2.75, 3.05) is 0 Å². The van der Waals surface area contributed by atoms with Gasteiger partial charge in [-0.25, -0.2) is 4.79 Å². The van der Waals surface area contributed by atoms with Gasteiger partial charge in [0, 0.05) is 12.6 Å². The first-order valence-electron chi connectivity index (χ1n) is 7.87. The third-order valence-electron chi connectivity index (χ3n) is 3.61. The van der Waals surface area contributed by atoms with Crippen LogP contribution in [0.25, 0.3) is 10.2 Å². The van der Waals surface area contributed by atoms with Crippen molar-refractivity contribution in [1.29, 1.82) is 0 Å². The fourth-order valence-electron chi connectivity index (χ4n) is 2.51. The lowest BCUT2D eigenvalue weighted by molar-refractivity contribution is -0.122. The normalized spacial score (nSPS) is 11.3. The Morgan fingerprint density at radius 1 is 1.30 bits per heavy atom.